The van der Waals surface area contributed by atoms with Crippen LogP contribution in [0.1, 0.15) is 5.69 Å². The molecule has 7 heteroatoms. The fourth-order valence-electron chi connectivity index (χ4n) is 3.78. The molecular weight excluding hydrogens is 448 g/mol. The number of hydrogen-bond acceptors (Lipinski definition) is 7. The lowest BCUT2D eigenvalue weighted by Crippen LogP contribution is -1.93. The highest BCUT2D eigenvalue weighted by Gasteiger charge is 2.23. The van der Waals surface area contributed by atoms with Crippen molar-refractivity contribution < 1.29 is 4.63 Å². The summed E-state index contributed by atoms with van der Waals surface area (Å²) in [6.45, 7) is 0. The van der Waals surface area contributed by atoms with Crippen LogP contribution in [0, 0.1) is 11.3 Å². The summed E-state index contributed by atoms with van der Waals surface area (Å²) in [5.41, 5.74) is 4.94. The van der Waals surface area contributed by atoms with Gasteiger partial charge in [-0.05, 0) is 45.7 Å². The molecule has 4 aromatic heterocycles. The second kappa shape index (κ2) is 8.10. The Kier molecular flexibility index (Phi) is 4.80. The van der Waals surface area contributed by atoms with E-state index in [0.29, 0.717) is 28.0 Å². The van der Waals surface area contributed by atoms with Crippen molar-refractivity contribution in [2.45, 2.75) is 0 Å². The number of thiophene rings is 2. The van der Waals surface area contributed by atoms with E-state index in [0.717, 1.165) is 30.6 Å². The fraction of sp³-hybridized carbons (Fsp3) is 0. The van der Waals surface area contributed by atoms with E-state index in [-0.39, 0.29) is 0 Å². The molecule has 6 aromatic rings. The zero-order chi connectivity index (χ0) is 22.2. The normalized spacial score (nSPS) is 11.0. The first-order valence-electron chi connectivity index (χ1n) is 10.2. The lowest BCUT2D eigenvalue weighted by atomic mass is 10.1. The Morgan fingerprint density at radius 3 is 1.82 bits per heavy atom. The number of aromatic nitrogens is 3. The van der Waals surface area contributed by atoms with E-state index < -0.39 is 0 Å². The molecule has 0 bridgehead atoms. The summed E-state index contributed by atoms with van der Waals surface area (Å²) in [5.74, 6) is 0. The maximum absolute atomic E-state index is 9.97. The molecule has 0 atom stereocenters. The highest BCUT2D eigenvalue weighted by atomic mass is 32.1. The van der Waals surface area contributed by atoms with Gasteiger partial charge in [-0.15, -0.1) is 22.7 Å². The number of nitrogens with zero attached hydrogens (tertiary/aromatic N) is 4. The average Bonchev–Trinajstić information content (AvgIpc) is 3.65. The van der Waals surface area contributed by atoms with Crippen LogP contribution in [-0.2, 0) is 0 Å². The van der Waals surface area contributed by atoms with E-state index in [4.69, 9.17) is 9.61 Å². The van der Waals surface area contributed by atoms with Crippen LogP contribution in [0.2, 0.25) is 0 Å². The molecule has 0 fully saturated rings. The van der Waals surface area contributed by atoms with Crippen molar-refractivity contribution >= 4 is 33.7 Å². The van der Waals surface area contributed by atoms with Crippen molar-refractivity contribution in [3.8, 4) is 48.0 Å². The van der Waals surface area contributed by atoms with E-state index in [2.05, 4.69) is 52.8 Å². The SMILES string of the molecule is N#Cc1nc(-c2ccc(-c3ccccc3)s2)c2nonc2c1-c1ccc(-c2ccccc2)s1. The molecular formula is C26H14N4OS2. The minimum absolute atomic E-state index is 0.310. The molecule has 0 aliphatic heterocycles. The van der Waals surface area contributed by atoms with Gasteiger partial charge >= 0.3 is 0 Å². The molecule has 156 valence electrons. The van der Waals surface area contributed by atoms with Gasteiger partial charge in [-0.1, -0.05) is 60.7 Å². The second-order valence-corrected chi connectivity index (χ2v) is 9.48. The van der Waals surface area contributed by atoms with Crippen molar-refractivity contribution in [1.82, 2.24) is 15.3 Å². The summed E-state index contributed by atoms with van der Waals surface area (Å²) in [4.78, 5) is 8.76. The molecule has 2 aromatic carbocycles. The molecule has 0 saturated carbocycles. The largest absolute Gasteiger partial charge is 0.243 e. The summed E-state index contributed by atoms with van der Waals surface area (Å²) in [6.07, 6.45) is 0. The third kappa shape index (κ3) is 3.42. The summed E-state index contributed by atoms with van der Waals surface area (Å²) >= 11 is 3.19. The van der Waals surface area contributed by atoms with Crippen LogP contribution in [0.5, 0.6) is 0 Å². The zero-order valence-electron chi connectivity index (χ0n) is 17.1. The van der Waals surface area contributed by atoms with Gasteiger partial charge in [-0.3, -0.25) is 0 Å². The van der Waals surface area contributed by atoms with Crippen molar-refractivity contribution in [3.05, 3.63) is 90.6 Å². The average molecular weight is 463 g/mol. The Morgan fingerprint density at radius 1 is 0.636 bits per heavy atom. The third-order valence-electron chi connectivity index (χ3n) is 5.32. The van der Waals surface area contributed by atoms with Crippen molar-refractivity contribution in [1.29, 1.82) is 5.26 Å². The molecule has 5 nitrogen and oxygen atoms in total. The molecule has 6 rings (SSSR count). The molecule has 0 aliphatic rings. The minimum Gasteiger partial charge on any atom is -0.243 e. The van der Waals surface area contributed by atoms with Gasteiger partial charge in [0, 0.05) is 14.6 Å². The van der Waals surface area contributed by atoms with Gasteiger partial charge < -0.3 is 0 Å². The van der Waals surface area contributed by atoms with Crippen molar-refractivity contribution in [2.75, 3.05) is 0 Å². The van der Waals surface area contributed by atoms with Gasteiger partial charge in [0.1, 0.15) is 17.3 Å². The first-order chi connectivity index (χ1) is 16.3. The van der Waals surface area contributed by atoms with E-state index in [9.17, 15) is 5.26 Å². The second-order valence-electron chi connectivity index (χ2n) is 7.32. The molecule has 33 heavy (non-hydrogen) atoms. The Hall–Kier alpha value is -4.12. The van der Waals surface area contributed by atoms with Crippen LogP contribution in [0.25, 0.3) is 52.9 Å². The van der Waals surface area contributed by atoms with Gasteiger partial charge in [-0.2, -0.15) is 5.26 Å². The Morgan fingerprint density at radius 2 is 1.18 bits per heavy atom. The zero-order valence-corrected chi connectivity index (χ0v) is 18.7. The maximum Gasteiger partial charge on any atom is 0.163 e. The summed E-state index contributed by atoms with van der Waals surface area (Å²) in [5, 5.41) is 18.3. The minimum atomic E-state index is 0.310. The standard InChI is InChI=1S/C26H14N4OS2/c27-15-18-23(21-13-11-19(32-21)16-7-3-1-4-8-16)25-26(30-31-29-25)24(28-18)22-14-12-20(33-22)17-9-5-2-6-10-17/h1-14H. The molecule has 0 aliphatic carbocycles. The van der Waals surface area contributed by atoms with Crippen LogP contribution >= 0.6 is 22.7 Å². The highest BCUT2D eigenvalue weighted by molar-refractivity contribution is 7.19. The molecule has 0 saturated heterocycles. The third-order valence-corrected chi connectivity index (χ3v) is 7.62. The van der Waals surface area contributed by atoms with Crippen LogP contribution in [-0.4, -0.2) is 15.3 Å². The van der Waals surface area contributed by atoms with Gasteiger partial charge in [0.25, 0.3) is 0 Å². The van der Waals surface area contributed by atoms with Crippen LogP contribution in [0.4, 0.5) is 0 Å². The molecule has 0 N–H and O–H groups in total. The Balaban J connectivity index is 1.49. The lowest BCUT2D eigenvalue weighted by Gasteiger charge is -2.05. The van der Waals surface area contributed by atoms with Crippen molar-refractivity contribution in [3.63, 3.8) is 0 Å². The van der Waals surface area contributed by atoms with E-state index >= 15 is 0 Å². The van der Waals surface area contributed by atoms with Gasteiger partial charge in [0.05, 0.1) is 10.4 Å². The van der Waals surface area contributed by atoms with Crippen LogP contribution < -0.4 is 0 Å². The Labute approximate surface area is 197 Å². The van der Waals surface area contributed by atoms with Gasteiger partial charge in [0.15, 0.2) is 11.2 Å². The predicted molar refractivity (Wildman–Crippen MR) is 132 cm³/mol. The Bertz CT molecular complexity index is 1630. The molecule has 0 spiro atoms. The smallest absolute Gasteiger partial charge is 0.163 e. The molecule has 0 unspecified atom stereocenters. The lowest BCUT2D eigenvalue weighted by molar-refractivity contribution is 0.315. The highest BCUT2D eigenvalue weighted by Crippen LogP contribution is 2.42. The van der Waals surface area contributed by atoms with E-state index in [1.807, 2.05) is 48.5 Å². The first-order valence-corrected chi connectivity index (χ1v) is 11.8. The first kappa shape index (κ1) is 19.6. The number of hydrogen-bond donors (Lipinski definition) is 0. The number of fused-ring (bicyclic) bond motifs is 1. The predicted octanol–water partition coefficient (Wildman–Crippen LogP) is 7.28. The summed E-state index contributed by atoms with van der Waals surface area (Å²) in [7, 11) is 0. The molecule has 0 radical (unpaired) electrons. The van der Waals surface area contributed by atoms with Crippen molar-refractivity contribution in [2.24, 2.45) is 0 Å². The monoisotopic (exact) mass is 462 g/mol. The van der Waals surface area contributed by atoms with Crippen LogP contribution in [0.15, 0.2) is 89.6 Å². The number of nitriles is 1. The number of pyridine rings is 1. The molecule has 4 heterocycles. The summed E-state index contributed by atoms with van der Waals surface area (Å²) in [6, 6.07) is 30.7. The quantitative estimate of drug-likeness (QED) is 0.275. The fourth-order valence-corrected chi connectivity index (χ4v) is 5.84. The van der Waals surface area contributed by atoms with Gasteiger partial charge in [-0.25, -0.2) is 9.61 Å². The van der Waals surface area contributed by atoms with Gasteiger partial charge in [0.2, 0.25) is 0 Å². The van der Waals surface area contributed by atoms with Crippen LogP contribution in [0.3, 0.4) is 0 Å². The maximum atomic E-state index is 9.97. The number of rotatable bonds is 4. The molecule has 0 amide bonds. The van der Waals surface area contributed by atoms with E-state index in [1.165, 1.54) is 0 Å². The van der Waals surface area contributed by atoms with E-state index in [1.54, 1.807) is 22.7 Å². The topological polar surface area (TPSA) is 75.6 Å². The summed E-state index contributed by atoms with van der Waals surface area (Å²) < 4.78 is 5.13. The number of benzene rings is 2.